The largest absolute Gasteiger partial charge is 0.480 e. The zero-order valence-electron chi connectivity index (χ0n) is 36.0. The molecule has 0 heterocycles. The van der Waals surface area contributed by atoms with Crippen molar-refractivity contribution in [3.05, 3.63) is 0 Å². The first-order chi connectivity index (χ1) is 26.8. The molecule has 0 bridgehead atoms. The van der Waals surface area contributed by atoms with E-state index >= 15 is 0 Å². The first-order valence-electron chi connectivity index (χ1n) is 23.4. The van der Waals surface area contributed by atoms with E-state index in [9.17, 15) is 19.2 Å². The number of rotatable bonds is 43. The zero-order valence-corrected chi connectivity index (χ0v) is 36.0. The average Bonchev–Trinajstić information content (AvgIpc) is 3.17. The summed E-state index contributed by atoms with van der Waals surface area (Å²) in [5.41, 5.74) is 0. The molecule has 324 valence electrons. The lowest BCUT2D eigenvalue weighted by Gasteiger charge is -2.18. The summed E-state index contributed by atoms with van der Waals surface area (Å²) in [6, 6.07) is -1.38. The molecule has 0 aromatic heterocycles. The third-order valence-electron chi connectivity index (χ3n) is 10.9. The molecule has 0 aromatic rings. The van der Waals surface area contributed by atoms with Crippen molar-refractivity contribution < 1.29 is 34.1 Å². The minimum atomic E-state index is -1.38. The summed E-state index contributed by atoms with van der Waals surface area (Å²) in [5.74, 6) is -2.27. The van der Waals surface area contributed by atoms with Gasteiger partial charge in [0.1, 0.15) is 12.1 Å². The van der Waals surface area contributed by atoms with Crippen LogP contribution < -0.4 is 10.6 Å². The van der Waals surface area contributed by atoms with Crippen LogP contribution in [0.5, 0.6) is 0 Å². The highest BCUT2D eigenvalue weighted by molar-refractivity contribution is 5.87. The maximum atomic E-state index is 12.8. The van der Waals surface area contributed by atoms with Gasteiger partial charge in [-0.1, -0.05) is 194 Å². The zero-order chi connectivity index (χ0) is 40.5. The highest BCUT2D eigenvalue weighted by atomic mass is 16.5. The quantitative estimate of drug-likeness (QED) is 0.0356. The van der Waals surface area contributed by atoms with E-state index in [1.165, 1.54) is 154 Å². The number of amides is 2. The maximum absolute atomic E-state index is 12.8. The summed E-state index contributed by atoms with van der Waals surface area (Å²) in [6.07, 6.45) is 42.7. The highest BCUT2D eigenvalue weighted by Gasteiger charge is 2.19. The molecular formula is C46H88N2O7. The Balaban J connectivity index is 4.28. The van der Waals surface area contributed by atoms with Gasteiger partial charge in [0.05, 0.1) is 13.2 Å². The molecule has 9 heteroatoms. The van der Waals surface area contributed by atoms with Crippen molar-refractivity contribution in [2.24, 2.45) is 0 Å². The van der Waals surface area contributed by atoms with E-state index in [4.69, 9.17) is 14.9 Å². The van der Waals surface area contributed by atoms with E-state index in [0.29, 0.717) is 19.3 Å². The molecule has 0 saturated carbocycles. The number of hydrogen-bond acceptors (Lipinski definition) is 6. The number of aliphatic hydroxyl groups excluding tert-OH is 1. The highest BCUT2D eigenvalue weighted by Crippen LogP contribution is 2.19. The van der Waals surface area contributed by atoms with Crippen molar-refractivity contribution >= 4 is 23.8 Å². The van der Waals surface area contributed by atoms with Gasteiger partial charge in [0, 0.05) is 12.8 Å². The number of carbonyl (C=O) groups is 4. The van der Waals surface area contributed by atoms with Crippen LogP contribution in [0.2, 0.25) is 0 Å². The van der Waals surface area contributed by atoms with Gasteiger partial charge in [-0.25, -0.2) is 4.79 Å². The van der Waals surface area contributed by atoms with Crippen molar-refractivity contribution in [1.82, 2.24) is 10.6 Å². The third kappa shape index (κ3) is 38.5. The van der Waals surface area contributed by atoms with E-state index in [1.807, 2.05) is 0 Å². The number of aliphatic carboxylic acids is 1. The fourth-order valence-electron chi connectivity index (χ4n) is 7.25. The molecule has 0 spiro atoms. The van der Waals surface area contributed by atoms with E-state index in [1.54, 1.807) is 0 Å². The number of unbranched alkanes of at least 4 members (excludes halogenated alkanes) is 29. The van der Waals surface area contributed by atoms with E-state index < -0.39 is 24.5 Å². The number of esters is 1. The summed E-state index contributed by atoms with van der Waals surface area (Å²) >= 11 is 0. The fraction of sp³-hybridized carbons (Fsp3) is 0.913. The van der Waals surface area contributed by atoms with Crippen LogP contribution in [0, 0.1) is 0 Å². The Morgan fingerprint density at radius 3 is 1.18 bits per heavy atom. The van der Waals surface area contributed by atoms with Crippen molar-refractivity contribution in [3.63, 3.8) is 0 Å². The van der Waals surface area contributed by atoms with Crippen molar-refractivity contribution in [2.75, 3.05) is 13.2 Å². The molecule has 0 aromatic carbocycles. The number of ether oxygens (including phenoxy) is 1. The summed E-state index contributed by atoms with van der Waals surface area (Å²) in [4.78, 5) is 47.6. The minimum Gasteiger partial charge on any atom is -0.480 e. The van der Waals surface area contributed by atoms with Crippen molar-refractivity contribution in [1.29, 1.82) is 0 Å². The van der Waals surface area contributed by atoms with E-state index in [2.05, 4.69) is 24.5 Å². The van der Waals surface area contributed by atoms with Gasteiger partial charge in [-0.3, -0.25) is 14.4 Å². The molecule has 0 aliphatic rings. The number of hydrogen-bond donors (Lipinski definition) is 4. The summed E-state index contributed by atoms with van der Waals surface area (Å²) in [6.45, 7) is 3.51. The van der Waals surface area contributed by atoms with Gasteiger partial charge in [-0.15, -0.1) is 0 Å². The number of carboxylic acid groups (broad SMARTS) is 1. The average molecular weight is 781 g/mol. The van der Waals surface area contributed by atoms with Crippen LogP contribution in [0.3, 0.4) is 0 Å². The number of carbonyl (C=O) groups excluding carboxylic acids is 3. The van der Waals surface area contributed by atoms with Gasteiger partial charge in [0.25, 0.3) is 0 Å². The molecule has 0 radical (unpaired) electrons. The Labute approximate surface area is 338 Å². The molecule has 0 saturated heterocycles. The Hall–Kier alpha value is -2.16. The molecule has 9 nitrogen and oxygen atoms in total. The van der Waals surface area contributed by atoms with Gasteiger partial charge in [0.2, 0.25) is 11.8 Å². The Bertz CT molecular complexity index is 900. The van der Waals surface area contributed by atoms with Gasteiger partial charge >= 0.3 is 11.9 Å². The van der Waals surface area contributed by atoms with Crippen LogP contribution in [0.4, 0.5) is 0 Å². The molecule has 2 amide bonds. The second-order valence-corrected chi connectivity index (χ2v) is 16.2. The third-order valence-corrected chi connectivity index (χ3v) is 10.9. The number of nitrogens with one attached hydrogen (secondary N) is 2. The summed E-state index contributed by atoms with van der Waals surface area (Å²) in [7, 11) is 0. The molecule has 0 aliphatic carbocycles. The van der Waals surface area contributed by atoms with Gasteiger partial charge in [0.15, 0.2) is 0 Å². The van der Waals surface area contributed by atoms with Crippen molar-refractivity contribution in [2.45, 2.75) is 257 Å². The molecule has 0 aliphatic heterocycles. The lowest BCUT2D eigenvalue weighted by Crippen LogP contribution is -2.47. The predicted molar refractivity (Wildman–Crippen MR) is 227 cm³/mol. The first-order valence-corrected chi connectivity index (χ1v) is 23.4. The van der Waals surface area contributed by atoms with Crippen LogP contribution in [-0.2, 0) is 23.9 Å². The molecular weight excluding hydrogens is 693 g/mol. The summed E-state index contributed by atoms with van der Waals surface area (Å²) in [5, 5.41) is 22.6. The van der Waals surface area contributed by atoms with Gasteiger partial charge in [-0.2, -0.15) is 0 Å². The lowest BCUT2D eigenvalue weighted by molar-refractivity contribution is -0.150. The second-order valence-electron chi connectivity index (χ2n) is 16.2. The van der Waals surface area contributed by atoms with Gasteiger partial charge < -0.3 is 25.6 Å². The predicted octanol–water partition coefficient (Wildman–Crippen LogP) is 11.7. The van der Waals surface area contributed by atoms with Crippen molar-refractivity contribution in [3.8, 4) is 0 Å². The van der Waals surface area contributed by atoms with Crippen LogP contribution in [0.1, 0.15) is 245 Å². The molecule has 4 N–H and O–H groups in total. The molecule has 0 fully saturated rings. The Morgan fingerprint density at radius 1 is 0.473 bits per heavy atom. The maximum Gasteiger partial charge on any atom is 0.328 e. The Morgan fingerprint density at radius 2 is 0.818 bits per heavy atom. The topological polar surface area (TPSA) is 142 Å². The van der Waals surface area contributed by atoms with Crippen LogP contribution >= 0.6 is 0 Å². The lowest BCUT2D eigenvalue weighted by atomic mass is 10.0. The van der Waals surface area contributed by atoms with Gasteiger partial charge in [-0.05, 0) is 38.5 Å². The number of carboxylic acids is 1. The standard InChI is InChI=1S/C46H88N2O7/c1-3-5-7-9-11-13-15-17-18-19-20-22-24-27-31-35-41(55-45(52)38-34-30-25-23-21-16-14-12-10-8-6-4-2)36-32-28-26-29-33-37-43(50)47-39-44(51)48-42(40-49)46(53)54/h41-42,49H,3-40H2,1-2H3,(H,47,50)(H,48,51)(H,53,54). The molecule has 0 rings (SSSR count). The monoisotopic (exact) mass is 781 g/mol. The smallest absolute Gasteiger partial charge is 0.328 e. The second kappa shape index (κ2) is 41.5. The first kappa shape index (κ1) is 52.8. The summed E-state index contributed by atoms with van der Waals surface area (Å²) < 4.78 is 6.05. The van der Waals surface area contributed by atoms with Crippen LogP contribution in [0.15, 0.2) is 0 Å². The normalized spacial score (nSPS) is 12.3. The van der Waals surface area contributed by atoms with E-state index in [0.717, 1.165) is 57.8 Å². The fourth-order valence-corrected chi connectivity index (χ4v) is 7.25. The minimum absolute atomic E-state index is 0.00437. The SMILES string of the molecule is CCCCCCCCCCCCCCCCCC(CCCCCCCC(=O)NCC(=O)NC(CO)C(=O)O)OC(=O)CCCCCCCCCCCCCC. The van der Waals surface area contributed by atoms with Crippen LogP contribution in [0.25, 0.3) is 0 Å². The molecule has 2 unspecified atom stereocenters. The molecule has 55 heavy (non-hydrogen) atoms. The van der Waals surface area contributed by atoms with Crippen LogP contribution in [-0.4, -0.2) is 59.3 Å². The number of aliphatic hydroxyl groups is 1. The Kier molecular flexibility index (Phi) is 39.8. The molecule has 2 atom stereocenters. The van der Waals surface area contributed by atoms with E-state index in [-0.39, 0.29) is 24.5 Å².